The Kier molecular flexibility index (Phi) is 5.06. The molecule has 0 radical (unpaired) electrons. The van der Waals surface area contributed by atoms with E-state index in [0.717, 1.165) is 34.9 Å². The third-order valence-electron chi connectivity index (χ3n) is 5.78. The van der Waals surface area contributed by atoms with E-state index < -0.39 is 0 Å². The van der Waals surface area contributed by atoms with E-state index >= 15 is 0 Å². The number of hydrogen-bond donors (Lipinski definition) is 0. The van der Waals surface area contributed by atoms with Crippen LogP contribution in [0, 0.1) is 17.2 Å². The van der Waals surface area contributed by atoms with Crippen LogP contribution in [0.4, 0.5) is 0 Å². The van der Waals surface area contributed by atoms with Crippen molar-refractivity contribution < 1.29 is 14.3 Å². The zero-order chi connectivity index (χ0) is 20.5. The van der Waals surface area contributed by atoms with Crippen molar-refractivity contribution in [1.29, 1.82) is 5.26 Å². The van der Waals surface area contributed by atoms with Gasteiger partial charge in [0, 0.05) is 23.8 Å². The van der Waals surface area contributed by atoms with Crippen LogP contribution >= 0.6 is 11.8 Å². The summed E-state index contributed by atoms with van der Waals surface area (Å²) in [6, 6.07) is 18.2. The van der Waals surface area contributed by atoms with Crippen molar-refractivity contribution in [3.8, 4) is 17.6 Å². The topological polar surface area (TPSA) is 71.7 Å². The van der Waals surface area contributed by atoms with Gasteiger partial charge in [0.25, 0.3) is 0 Å². The Balaban J connectivity index is 1.56. The van der Waals surface area contributed by atoms with Crippen molar-refractivity contribution >= 4 is 23.3 Å². The van der Waals surface area contributed by atoms with Crippen LogP contribution < -0.4 is 9.47 Å². The number of carbonyl (C=O) groups is 1. The van der Waals surface area contributed by atoms with Crippen LogP contribution in [-0.2, 0) is 10.5 Å². The maximum Gasteiger partial charge on any atom is 0.231 e. The SMILES string of the molecule is N#CC1=C(SCc2ccccc2)N=C2CCCC(=O)C2C1c1ccc2c(c1)OCO2. The first-order chi connectivity index (χ1) is 14.7. The van der Waals surface area contributed by atoms with Crippen LogP contribution in [0.1, 0.15) is 36.3 Å². The number of nitrogens with zero attached hydrogens (tertiary/aromatic N) is 2. The lowest BCUT2D eigenvalue weighted by molar-refractivity contribution is -0.121. The number of hydrogen-bond acceptors (Lipinski definition) is 6. The molecule has 0 N–H and O–H groups in total. The summed E-state index contributed by atoms with van der Waals surface area (Å²) in [7, 11) is 0. The molecule has 2 aliphatic heterocycles. The van der Waals surface area contributed by atoms with Crippen LogP contribution in [0.5, 0.6) is 11.5 Å². The van der Waals surface area contributed by atoms with Crippen LogP contribution in [0.15, 0.2) is 64.1 Å². The van der Waals surface area contributed by atoms with Crippen LogP contribution in [-0.4, -0.2) is 18.3 Å². The van der Waals surface area contributed by atoms with Gasteiger partial charge in [0.15, 0.2) is 11.5 Å². The number of thioether (sulfide) groups is 1. The smallest absolute Gasteiger partial charge is 0.231 e. The Bertz CT molecular complexity index is 1100. The minimum Gasteiger partial charge on any atom is -0.454 e. The molecule has 0 saturated heterocycles. The third-order valence-corrected chi connectivity index (χ3v) is 6.84. The summed E-state index contributed by atoms with van der Waals surface area (Å²) in [5.41, 5.74) is 3.55. The number of fused-ring (bicyclic) bond motifs is 2. The fourth-order valence-corrected chi connectivity index (χ4v) is 5.36. The average Bonchev–Trinajstić information content (AvgIpc) is 3.25. The lowest BCUT2D eigenvalue weighted by Crippen LogP contribution is -2.37. The lowest BCUT2D eigenvalue weighted by atomic mass is 9.70. The molecule has 2 unspecified atom stereocenters. The van der Waals surface area contributed by atoms with Crippen molar-refractivity contribution in [1.82, 2.24) is 0 Å². The van der Waals surface area contributed by atoms with Crippen molar-refractivity contribution in [2.24, 2.45) is 10.9 Å². The summed E-state index contributed by atoms with van der Waals surface area (Å²) < 4.78 is 11.0. The zero-order valence-corrected chi connectivity index (χ0v) is 17.2. The van der Waals surface area contributed by atoms with Gasteiger partial charge < -0.3 is 9.47 Å². The highest BCUT2D eigenvalue weighted by Gasteiger charge is 2.42. The third kappa shape index (κ3) is 3.40. The van der Waals surface area contributed by atoms with Gasteiger partial charge in [-0.3, -0.25) is 4.79 Å². The van der Waals surface area contributed by atoms with E-state index in [-0.39, 0.29) is 24.4 Å². The van der Waals surface area contributed by atoms with Crippen LogP contribution in [0.25, 0.3) is 0 Å². The summed E-state index contributed by atoms with van der Waals surface area (Å²) in [5.74, 6) is 1.56. The minimum atomic E-state index is -0.366. The second-order valence-corrected chi connectivity index (χ2v) is 8.56. The van der Waals surface area contributed by atoms with Gasteiger partial charge in [0.05, 0.1) is 17.6 Å². The molecule has 6 heteroatoms. The normalized spacial score (nSPS) is 22.4. The molecule has 2 atom stereocenters. The number of ether oxygens (including phenoxy) is 2. The number of benzene rings is 2. The number of carbonyl (C=O) groups excluding carboxylic acids is 1. The first kappa shape index (κ1) is 19.0. The predicted octanol–water partition coefficient (Wildman–Crippen LogP) is 4.99. The minimum absolute atomic E-state index is 0.169. The lowest BCUT2D eigenvalue weighted by Gasteiger charge is -2.34. The number of nitriles is 1. The van der Waals surface area contributed by atoms with Crippen LogP contribution in [0.2, 0.25) is 0 Å². The van der Waals surface area contributed by atoms with E-state index in [1.54, 1.807) is 11.8 Å². The molecule has 5 nitrogen and oxygen atoms in total. The van der Waals surface area contributed by atoms with Gasteiger partial charge in [0.2, 0.25) is 6.79 Å². The molecule has 0 aromatic heterocycles. The van der Waals surface area contributed by atoms with Gasteiger partial charge in [-0.15, -0.1) is 11.8 Å². The van der Waals surface area contributed by atoms with E-state index in [2.05, 4.69) is 18.2 Å². The van der Waals surface area contributed by atoms with Crippen molar-refractivity contribution in [2.45, 2.75) is 30.9 Å². The summed E-state index contributed by atoms with van der Waals surface area (Å²) in [5, 5.41) is 10.8. The number of Topliss-reactive ketones (excluding diaryl/α,β-unsaturated/α-hetero) is 1. The van der Waals surface area contributed by atoms with E-state index in [4.69, 9.17) is 14.5 Å². The molecule has 3 aliphatic rings. The Morgan fingerprint density at radius 2 is 1.90 bits per heavy atom. The highest BCUT2D eigenvalue weighted by molar-refractivity contribution is 8.02. The first-order valence-corrected chi connectivity index (χ1v) is 11.0. The number of allylic oxidation sites excluding steroid dienone is 1. The number of rotatable bonds is 4. The highest BCUT2D eigenvalue weighted by Crippen LogP contribution is 2.47. The van der Waals surface area contributed by atoms with E-state index in [1.807, 2.05) is 36.4 Å². The van der Waals surface area contributed by atoms with E-state index in [9.17, 15) is 10.1 Å². The molecule has 1 saturated carbocycles. The highest BCUT2D eigenvalue weighted by atomic mass is 32.2. The zero-order valence-electron chi connectivity index (χ0n) is 16.3. The largest absolute Gasteiger partial charge is 0.454 e. The van der Waals surface area contributed by atoms with Gasteiger partial charge >= 0.3 is 0 Å². The molecule has 0 spiro atoms. The second kappa shape index (κ2) is 8.00. The second-order valence-electron chi connectivity index (χ2n) is 7.60. The monoisotopic (exact) mass is 416 g/mol. The maximum absolute atomic E-state index is 12.9. The molecule has 2 heterocycles. The Morgan fingerprint density at radius 1 is 1.07 bits per heavy atom. The van der Waals surface area contributed by atoms with E-state index in [1.165, 1.54) is 5.56 Å². The molecule has 0 amide bonds. The van der Waals surface area contributed by atoms with Crippen LogP contribution in [0.3, 0.4) is 0 Å². The van der Waals surface area contributed by atoms with Gasteiger partial charge in [-0.25, -0.2) is 4.99 Å². The van der Waals surface area contributed by atoms with Crippen molar-refractivity contribution in [2.75, 3.05) is 6.79 Å². The van der Waals surface area contributed by atoms with Gasteiger partial charge in [-0.2, -0.15) is 5.26 Å². The predicted molar refractivity (Wildman–Crippen MR) is 115 cm³/mol. The van der Waals surface area contributed by atoms with E-state index in [0.29, 0.717) is 23.5 Å². The molecule has 5 rings (SSSR count). The van der Waals surface area contributed by atoms with Gasteiger partial charge in [-0.1, -0.05) is 36.4 Å². The summed E-state index contributed by atoms with van der Waals surface area (Å²) in [6.07, 6.45) is 2.15. The first-order valence-electron chi connectivity index (χ1n) is 10.1. The maximum atomic E-state index is 12.9. The molecule has 150 valence electrons. The summed E-state index contributed by atoms with van der Waals surface area (Å²) >= 11 is 1.57. The van der Waals surface area contributed by atoms with Gasteiger partial charge in [0.1, 0.15) is 10.8 Å². The molecule has 2 aromatic rings. The standard InChI is InChI=1S/C24H20N2O3S/c25-12-17-22(16-9-10-20-21(11-16)29-14-28-20)23-18(7-4-8-19(23)27)26-24(17)30-13-15-5-2-1-3-6-15/h1-3,5-6,9-11,22-23H,4,7-8,13-14H2. The molecular formula is C24H20N2O3S. The molecule has 2 aromatic carbocycles. The molecule has 1 aliphatic carbocycles. The molecule has 1 fully saturated rings. The molecule has 30 heavy (non-hydrogen) atoms. The molecular weight excluding hydrogens is 396 g/mol. The Morgan fingerprint density at radius 3 is 2.73 bits per heavy atom. The van der Waals surface area contributed by atoms with Crippen molar-refractivity contribution in [3.63, 3.8) is 0 Å². The number of aliphatic imine (C=N–C) groups is 1. The fourth-order valence-electron chi connectivity index (χ4n) is 4.35. The quantitative estimate of drug-likeness (QED) is 0.702. The average molecular weight is 417 g/mol. The molecule has 0 bridgehead atoms. The Hall–Kier alpha value is -3.04. The summed E-state index contributed by atoms with van der Waals surface area (Å²) in [6.45, 7) is 0.192. The fraction of sp³-hybridized carbons (Fsp3) is 0.292. The van der Waals surface area contributed by atoms with Crippen molar-refractivity contribution in [3.05, 3.63) is 70.3 Å². The Labute approximate surface area is 179 Å². The summed E-state index contributed by atoms with van der Waals surface area (Å²) in [4.78, 5) is 17.7. The number of ketones is 1. The van der Waals surface area contributed by atoms with Gasteiger partial charge in [-0.05, 0) is 36.1 Å².